The Hall–Kier alpha value is -2.17. The number of fused-ring (bicyclic) bond motifs is 5. The van der Waals surface area contributed by atoms with Crippen LogP contribution >= 0.6 is 0 Å². The summed E-state index contributed by atoms with van der Waals surface area (Å²) in [4.78, 5) is 10.6. The Labute approximate surface area is 197 Å². The average molecular weight is 451 g/mol. The molecule has 0 saturated heterocycles. The van der Waals surface area contributed by atoms with E-state index in [1.54, 1.807) is 0 Å². The lowest BCUT2D eigenvalue weighted by Gasteiger charge is -2.44. The normalized spacial score (nSPS) is 27.4. The van der Waals surface area contributed by atoms with E-state index in [1.165, 1.54) is 28.3 Å². The van der Waals surface area contributed by atoms with Crippen LogP contribution in [0.2, 0.25) is 0 Å². The third-order valence-corrected chi connectivity index (χ3v) is 8.29. The number of carboxylic acid groups (broad SMARTS) is 1. The average Bonchev–Trinajstić information content (AvgIpc) is 3.01. The molecule has 0 heterocycles. The van der Waals surface area contributed by atoms with Gasteiger partial charge >= 0.3 is 5.97 Å². The van der Waals surface area contributed by atoms with Crippen molar-refractivity contribution in [2.24, 2.45) is 11.3 Å². The van der Waals surface area contributed by atoms with Crippen LogP contribution in [0.3, 0.4) is 0 Å². The summed E-state index contributed by atoms with van der Waals surface area (Å²) in [5.41, 5.74) is 3.76. The van der Waals surface area contributed by atoms with Crippen molar-refractivity contribution >= 4 is 16.7 Å². The second-order valence-electron chi connectivity index (χ2n) is 10.6. The van der Waals surface area contributed by atoms with Crippen LogP contribution in [0.1, 0.15) is 94.3 Å². The number of rotatable bonds is 10. The zero-order valence-corrected chi connectivity index (χ0v) is 19.8. The van der Waals surface area contributed by atoms with Crippen LogP contribution in [-0.2, 0) is 4.79 Å². The number of aliphatic hydroxyl groups excluding tert-OH is 2. The molecule has 0 aliphatic heterocycles. The number of aliphatic hydroxyl groups is 2. The van der Waals surface area contributed by atoms with Gasteiger partial charge in [-0.25, -0.2) is 0 Å². The number of hydrogen-bond acceptors (Lipinski definition) is 3. The van der Waals surface area contributed by atoms with Gasteiger partial charge in [0.05, 0.1) is 18.6 Å². The minimum atomic E-state index is -0.934. The lowest BCUT2D eigenvalue weighted by Crippen LogP contribution is -2.34. The molecule has 4 heteroatoms. The fourth-order valence-corrected chi connectivity index (χ4v) is 6.72. The molecule has 3 N–H and O–H groups in total. The minimum absolute atomic E-state index is 0.0485. The molecule has 0 radical (unpaired) electrons. The zero-order valence-electron chi connectivity index (χ0n) is 19.8. The minimum Gasteiger partial charge on any atom is -0.481 e. The second kappa shape index (κ2) is 9.99. The Morgan fingerprint density at radius 1 is 1.12 bits per heavy atom. The molecule has 4 rings (SSSR count). The first-order chi connectivity index (χ1) is 15.8. The quantitative estimate of drug-likeness (QED) is 0.285. The van der Waals surface area contributed by atoms with E-state index in [0.717, 1.165) is 50.5 Å². The number of carbonyl (C=O) groups is 1. The van der Waals surface area contributed by atoms with E-state index in [1.807, 2.05) is 0 Å². The van der Waals surface area contributed by atoms with Crippen LogP contribution in [0, 0.1) is 11.3 Å². The summed E-state index contributed by atoms with van der Waals surface area (Å²) < 4.78 is 0. The van der Waals surface area contributed by atoms with Crippen LogP contribution < -0.4 is 0 Å². The first kappa shape index (κ1) is 24.0. The topological polar surface area (TPSA) is 77.8 Å². The molecule has 5 atom stereocenters. The van der Waals surface area contributed by atoms with Crippen LogP contribution in [-0.4, -0.2) is 27.4 Å². The molecule has 1 unspecified atom stereocenters. The molecule has 1 fully saturated rings. The van der Waals surface area contributed by atoms with Crippen LogP contribution in [0.15, 0.2) is 48.6 Å². The number of hydrogen-bond donors (Lipinski definition) is 3. The van der Waals surface area contributed by atoms with Crippen molar-refractivity contribution in [2.75, 3.05) is 0 Å². The van der Waals surface area contributed by atoms with E-state index >= 15 is 0 Å². The predicted octanol–water partition coefficient (Wildman–Crippen LogP) is 6.51. The monoisotopic (exact) mass is 450 g/mol. The molecule has 33 heavy (non-hydrogen) atoms. The maximum absolute atomic E-state index is 11.3. The molecule has 2 aromatic carbocycles. The summed E-state index contributed by atoms with van der Waals surface area (Å²) in [6.45, 7) is 6.86. The molecule has 4 nitrogen and oxygen atoms in total. The molecule has 0 amide bonds. The number of benzene rings is 2. The predicted molar refractivity (Wildman–Crippen MR) is 132 cm³/mol. The fourth-order valence-electron chi connectivity index (χ4n) is 6.72. The third-order valence-electron chi connectivity index (χ3n) is 8.29. The van der Waals surface area contributed by atoms with Gasteiger partial charge in [-0.3, -0.25) is 4.79 Å². The highest BCUT2D eigenvalue weighted by molar-refractivity contribution is 5.88. The van der Waals surface area contributed by atoms with Crippen LogP contribution in [0.5, 0.6) is 0 Å². The van der Waals surface area contributed by atoms with Gasteiger partial charge in [0.25, 0.3) is 0 Å². The summed E-state index contributed by atoms with van der Waals surface area (Å²) >= 11 is 0. The summed E-state index contributed by atoms with van der Waals surface area (Å²) in [5, 5.41) is 32.0. The molecule has 2 aliphatic carbocycles. The molecule has 0 aromatic heterocycles. The van der Waals surface area contributed by atoms with Crippen molar-refractivity contribution in [2.45, 2.75) is 89.3 Å². The van der Waals surface area contributed by atoms with Gasteiger partial charge in [0, 0.05) is 5.92 Å². The highest BCUT2D eigenvalue weighted by Gasteiger charge is 2.53. The van der Waals surface area contributed by atoms with Gasteiger partial charge in [0.2, 0.25) is 0 Å². The highest BCUT2D eigenvalue weighted by Crippen LogP contribution is 2.64. The van der Waals surface area contributed by atoms with Crippen molar-refractivity contribution in [1.82, 2.24) is 0 Å². The first-order valence-corrected chi connectivity index (χ1v) is 12.6. The Kier molecular flexibility index (Phi) is 7.25. The number of unbranched alkanes of at least 4 members (excludes halogenated alkanes) is 4. The van der Waals surface area contributed by atoms with Crippen molar-refractivity contribution in [3.63, 3.8) is 0 Å². The molecule has 178 valence electrons. The van der Waals surface area contributed by atoms with Gasteiger partial charge < -0.3 is 15.3 Å². The van der Waals surface area contributed by atoms with E-state index in [9.17, 15) is 15.0 Å². The lowest BCUT2D eigenvalue weighted by atomic mass is 9.61. The van der Waals surface area contributed by atoms with Crippen molar-refractivity contribution < 1.29 is 20.1 Å². The SMILES string of the molecule is C=C1C[C@H](CCCCCCCC(O)CC(=O)O)[C@@]2(C)C[C@H](O)c3c(ccc4ccccc34)[C@H]12. The summed E-state index contributed by atoms with van der Waals surface area (Å²) in [6, 6.07) is 12.8. The van der Waals surface area contributed by atoms with Crippen LogP contribution in [0.25, 0.3) is 10.8 Å². The molecular formula is C29H38O4. The molecule has 0 bridgehead atoms. The summed E-state index contributed by atoms with van der Waals surface area (Å²) in [5.74, 6) is -0.0704. The van der Waals surface area contributed by atoms with Crippen molar-refractivity contribution in [3.8, 4) is 0 Å². The number of allylic oxidation sites excluding steroid dienone is 1. The van der Waals surface area contributed by atoms with E-state index in [2.05, 4.69) is 49.9 Å². The molecule has 1 saturated carbocycles. The zero-order chi connectivity index (χ0) is 23.6. The second-order valence-corrected chi connectivity index (χ2v) is 10.6. The van der Waals surface area contributed by atoms with Gasteiger partial charge in [-0.2, -0.15) is 0 Å². The molecular weight excluding hydrogens is 412 g/mol. The Bertz CT molecular complexity index is 1010. The maximum atomic E-state index is 11.3. The van der Waals surface area contributed by atoms with Crippen LogP contribution in [0.4, 0.5) is 0 Å². The number of carboxylic acids is 1. The molecule has 2 aliphatic rings. The van der Waals surface area contributed by atoms with Gasteiger partial charge in [0.1, 0.15) is 0 Å². The van der Waals surface area contributed by atoms with Gasteiger partial charge in [0.15, 0.2) is 0 Å². The largest absolute Gasteiger partial charge is 0.481 e. The van der Waals surface area contributed by atoms with E-state index < -0.39 is 18.2 Å². The van der Waals surface area contributed by atoms with Gasteiger partial charge in [-0.15, -0.1) is 0 Å². The Morgan fingerprint density at radius 2 is 1.85 bits per heavy atom. The summed E-state index contributed by atoms with van der Waals surface area (Å²) in [6.07, 6.45) is 7.61. The highest BCUT2D eigenvalue weighted by atomic mass is 16.4. The van der Waals surface area contributed by atoms with Gasteiger partial charge in [-0.1, -0.05) is 87.6 Å². The Morgan fingerprint density at radius 3 is 2.64 bits per heavy atom. The standard InChI is InChI=1S/C29H38O4/c1-19-16-21(11-6-4-3-5-7-12-22(30)17-26(32)33)29(2)18-25(31)27-23-13-9-8-10-20(23)14-15-24(27)28(19)29/h8-10,13-15,21-22,25,28,30-31H,1,3-7,11-12,16-18H2,2H3,(H,32,33)/t21-,22?,25-,28-,29+/m0/s1. The van der Waals surface area contributed by atoms with E-state index in [0.29, 0.717) is 18.3 Å². The molecule has 2 aromatic rings. The van der Waals surface area contributed by atoms with Gasteiger partial charge in [-0.05, 0) is 58.9 Å². The first-order valence-electron chi connectivity index (χ1n) is 12.6. The fraction of sp³-hybridized carbons (Fsp3) is 0.552. The third kappa shape index (κ3) is 4.88. The lowest BCUT2D eigenvalue weighted by molar-refractivity contribution is -0.139. The van der Waals surface area contributed by atoms with Crippen molar-refractivity contribution in [1.29, 1.82) is 0 Å². The smallest absolute Gasteiger partial charge is 0.305 e. The maximum Gasteiger partial charge on any atom is 0.305 e. The summed E-state index contributed by atoms with van der Waals surface area (Å²) in [7, 11) is 0. The number of aliphatic carboxylic acids is 1. The van der Waals surface area contributed by atoms with E-state index in [-0.39, 0.29) is 11.8 Å². The van der Waals surface area contributed by atoms with E-state index in [4.69, 9.17) is 5.11 Å². The Balaban J connectivity index is 1.35. The molecule has 0 spiro atoms. The van der Waals surface area contributed by atoms with Crippen molar-refractivity contribution in [3.05, 3.63) is 59.7 Å².